The number of ether oxygens (including phenoxy) is 1. The first kappa shape index (κ1) is 13.5. The summed E-state index contributed by atoms with van der Waals surface area (Å²) in [4.78, 5) is 11.9. The Morgan fingerprint density at radius 3 is 2.56 bits per heavy atom. The number of nitrogens with one attached hydrogen (secondary N) is 1. The minimum absolute atomic E-state index is 0.0614. The summed E-state index contributed by atoms with van der Waals surface area (Å²) in [5, 5.41) is 3.13. The SMILES string of the molecule is COC1(C)CCCC(NC(=O)C(C)(C)C)C1. The summed E-state index contributed by atoms with van der Waals surface area (Å²) in [6.07, 6.45) is 4.21. The average molecular weight is 227 g/mol. The number of rotatable bonds is 2. The zero-order valence-corrected chi connectivity index (χ0v) is 11.2. The second kappa shape index (κ2) is 4.74. The van der Waals surface area contributed by atoms with E-state index in [1.54, 1.807) is 7.11 Å². The topological polar surface area (TPSA) is 38.3 Å². The van der Waals surface area contributed by atoms with Gasteiger partial charge in [0.15, 0.2) is 0 Å². The van der Waals surface area contributed by atoms with Crippen molar-refractivity contribution in [2.75, 3.05) is 7.11 Å². The van der Waals surface area contributed by atoms with E-state index in [-0.39, 0.29) is 23.0 Å². The molecule has 2 unspecified atom stereocenters. The van der Waals surface area contributed by atoms with Gasteiger partial charge in [-0.05, 0) is 32.6 Å². The maximum Gasteiger partial charge on any atom is 0.225 e. The summed E-state index contributed by atoms with van der Waals surface area (Å²) in [6.45, 7) is 7.96. The van der Waals surface area contributed by atoms with Crippen LogP contribution in [-0.4, -0.2) is 24.7 Å². The Bertz CT molecular complexity index is 257. The molecule has 1 rings (SSSR count). The van der Waals surface area contributed by atoms with E-state index in [1.165, 1.54) is 0 Å². The van der Waals surface area contributed by atoms with E-state index in [4.69, 9.17) is 4.74 Å². The molecule has 1 fully saturated rings. The van der Waals surface area contributed by atoms with Crippen LogP contribution in [0.4, 0.5) is 0 Å². The highest BCUT2D eigenvalue weighted by atomic mass is 16.5. The standard InChI is InChI=1S/C13H25NO2/c1-12(2,3)11(15)14-10-7-6-8-13(4,9-10)16-5/h10H,6-9H2,1-5H3,(H,14,15). The third-order valence-corrected chi connectivity index (χ3v) is 3.45. The fourth-order valence-corrected chi connectivity index (χ4v) is 2.16. The van der Waals surface area contributed by atoms with Crippen molar-refractivity contribution in [2.24, 2.45) is 5.41 Å². The molecular weight excluding hydrogens is 202 g/mol. The van der Waals surface area contributed by atoms with Gasteiger partial charge in [-0.25, -0.2) is 0 Å². The summed E-state index contributed by atoms with van der Waals surface area (Å²) >= 11 is 0. The van der Waals surface area contributed by atoms with Crippen molar-refractivity contribution in [3.63, 3.8) is 0 Å². The molecule has 0 aromatic rings. The van der Waals surface area contributed by atoms with E-state index in [1.807, 2.05) is 20.8 Å². The normalized spacial score (nSPS) is 31.2. The summed E-state index contributed by atoms with van der Waals surface area (Å²) in [5.74, 6) is 0.137. The average Bonchev–Trinajstić information content (AvgIpc) is 2.16. The Labute approximate surface area is 98.9 Å². The Kier molecular flexibility index (Phi) is 4.00. The van der Waals surface area contributed by atoms with Crippen molar-refractivity contribution in [3.8, 4) is 0 Å². The van der Waals surface area contributed by atoms with Crippen LogP contribution in [0.25, 0.3) is 0 Å². The molecule has 0 bridgehead atoms. The number of carbonyl (C=O) groups excluding carboxylic acids is 1. The van der Waals surface area contributed by atoms with E-state index < -0.39 is 0 Å². The van der Waals surface area contributed by atoms with Gasteiger partial charge in [-0.1, -0.05) is 20.8 Å². The van der Waals surface area contributed by atoms with Gasteiger partial charge in [-0.3, -0.25) is 4.79 Å². The first-order chi connectivity index (χ1) is 7.27. The maximum absolute atomic E-state index is 11.9. The van der Waals surface area contributed by atoms with Gasteiger partial charge in [0.1, 0.15) is 0 Å². The van der Waals surface area contributed by atoms with Crippen LogP contribution in [0.1, 0.15) is 53.4 Å². The summed E-state index contributed by atoms with van der Waals surface area (Å²) in [6, 6.07) is 0.269. The monoisotopic (exact) mass is 227 g/mol. The summed E-state index contributed by atoms with van der Waals surface area (Å²) in [7, 11) is 1.76. The molecule has 0 radical (unpaired) electrons. The predicted molar refractivity (Wildman–Crippen MR) is 65.3 cm³/mol. The van der Waals surface area contributed by atoms with Gasteiger partial charge in [0.2, 0.25) is 5.91 Å². The van der Waals surface area contributed by atoms with Crippen LogP contribution >= 0.6 is 0 Å². The molecule has 16 heavy (non-hydrogen) atoms. The van der Waals surface area contributed by atoms with Crippen LogP contribution in [0, 0.1) is 5.41 Å². The largest absolute Gasteiger partial charge is 0.378 e. The van der Waals surface area contributed by atoms with Gasteiger partial charge >= 0.3 is 0 Å². The highest BCUT2D eigenvalue weighted by molar-refractivity contribution is 5.81. The van der Waals surface area contributed by atoms with Crippen LogP contribution in [0.3, 0.4) is 0 Å². The van der Waals surface area contributed by atoms with Gasteiger partial charge in [0, 0.05) is 18.6 Å². The third kappa shape index (κ3) is 3.48. The lowest BCUT2D eigenvalue weighted by molar-refractivity contribution is -0.130. The number of carbonyl (C=O) groups is 1. The molecule has 3 nitrogen and oxygen atoms in total. The number of methoxy groups -OCH3 is 1. The zero-order chi connectivity index (χ0) is 12.4. The first-order valence-corrected chi connectivity index (χ1v) is 6.13. The van der Waals surface area contributed by atoms with Crippen molar-refractivity contribution in [2.45, 2.75) is 65.0 Å². The van der Waals surface area contributed by atoms with E-state index in [9.17, 15) is 4.79 Å². The predicted octanol–water partition coefficient (Wildman–Crippen LogP) is 2.50. The molecule has 3 heteroatoms. The molecular formula is C13H25NO2. The van der Waals surface area contributed by atoms with Gasteiger partial charge < -0.3 is 10.1 Å². The lowest BCUT2D eigenvalue weighted by Gasteiger charge is -2.38. The van der Waals surface area contributed by atoms with Crippen LogP contribution in [0.15, 0.2) is 0 Å². The molecule has 94 valence electrons. The molecule has 0 saturated heterocycles. The van der Waals surface area contributed by atoms with Crippen molar-refractivity contribution in [1.29, 1.82) is 0 Å². The van der Waals surface area contributed by atoms with Gasteiger partial charge in [0.25, 0.3) is 0 Å². The quantitative estimate of drug-likeness (QED) is 0.787. The molecule has 0 aromatic carbocycles. The van der Waals surface area contributed by atoms with Crippen molar-refractivity contribution >= 4 is 5.91 Å². The summed E-state index contributed by atoms with van der Waals surface area (Å²) in [5.41, 5.74) is -0.366. The van der Waals surface area contributed by atoms with Crippen molar-refractivity contribution in [1.82, 2.24) is 5.32 Å². The molecule has 2 atom stereocenters. The van der Waals surface area contributed by atoms with E-state index in [0.29, 0.717) is 0 Å². The highest BCUT2D eigenvalue weighted by Crippen LogP contribution is 2.31. The first-order valence-electron chi connectivity index (χ1n) is 6.13. The Hall–Kier alpha value is -0.570. The molecule has 1 aliphatic carbocycles. The van der Waals surface area contributed by atoms with Crippen LogP contribution in [0.2, 0.25) is 0 Å². The maximum atomic E-state index is 11.9. The second-order valence-corrected chi connectivity index (χ2v) is 6.17. The lowest BCUT2D eigenvalue weighted by atomic mass is 9.82. The molecule has 0 heterocycles. The smallest absolute Gasteiger partial charge is 0.225 e. The zero-order valence-electron chi connectivity index (χ0n) is 11.2. The molecule has 0 spiro atoms. The number of hydrogen-bond donors (Lipinski definition) is 1. The number of amides is 1. The van der Waals surface area contributed by atoms with Crippen LogP contribution < -0.4 is 5.32 Å². The molecule has 1 saturated carbocycles. The van der Waals surface area contributed by atoms with Crippen molar-refractivity contribution < 1.29 is 9.53 Å². The van der Waals surface area contributed by atoms with Crippen LogP contribution in [0.5, 0.6) is 0 Å². The Morgan fingerprint density at radius 1 is 1.44 bits per heavy atom. The van der Waals surface area contributed by atoms with Gasteiger partial charge in [-0.15, -0.1) is 0 Å². The lowest BCUT2D eigenvalue weighted by Crippen LogP contribution is -2.48. The van der Waals surface area contributed by atoms with Gasteiger partial charge in [0.05, 0.1) is 5.60 Å². The van der Waals surface area contributed by atoms with E-state index in [2.05, 4.69) is 12.2 Å². The minimum Gasteiger partial charge on any atom is -0.378 e. The van der Waals surface area contributed by atoms with E-state index in [0.717, 1.165) is 25.7 Å². The van der Waals surface area contributed by atoms with E-state index >= 15 is 0 Å². The number of hydrogen-bond acceptors (Lipinski definition) is 2. The minimum atomic E-state index is -0.305. The fourth-order valence-electron chi connectivity index (χ4n) is 2.16. The molecule has 0 aromatic heterocycles. The summed E-state index contributed by atoms with van der Waals surface area (Å²) < 4.78 is 5.52. The van der Waals surface area contributed by atoms with Crippen LogP contribution in [-0.2, 0) is 9.53 Å². The Balaban J connectivity index is 2.53. The third-order valence-electron chi connectivity index (χ3n) is 3.45. The molecule has 1 amide bonds. The fraction of sp³-hybridized carbons (Fsp3) is 0.923. The molecule has 0 aliphatic heterocycles. The Morgan fingerprint density at radius 2 is 2.06 bits per heavy atom. The molecule has 1 aliphatic rings. The highest BCUT2D eigenvalue weighted by Gasteiger charge is 2.34. The second-order valence-electron chi connectivity index (χ2n) is 6.17. The molecule has 1 N–H and O–H groups in total. The van der Waals surface area contributed by atoms with Gasteiger partial charge in [-0.2, -0.15) is 0 Å². The van der Waals surface area contributed by atoms with Crippen molar-refractivity contribution in [3.05, 3.63) is 0 Å².